The van der Waals surface area contributed by atoms with Gasteiger partial charge in [-0.15, -0.1) is 11.3 Å². The van der Waals surface area contributed by atoms with E-state index in [4.69, 9.17) is 4.74 Å². The van der Waals surface area contributed by atoms with Gasteiger partial charge in [0.2, 0.25) is 0 Å². The molecule has 0 spiro atoms. The molecule has 3 unspecified atom stereocenters. The normalized spacial score (nSPS) is 28.8. The molecule has 1 aromatic carbocycles. The number of benzene rings is 1. The smallest absolute Gasteiger partial charge is 0.344 e. The molecule has 1 aliphatic heterocycles. The number of likely N-dealkylation sites (tertiary alicyclic amines) is 1. The predicted molar refractivity (Wildman–Crippen MR) is 113 cm³/mol. The number of esters is 1. The summed E-state index contributed by atoms with van der Waals surface area (Å²) in [6.07, 6.45) is 3.95. The Morgan fingerprint density at radius 1 is 1.10 bits per heavy atom. The van der Waals surface area contributed by atoms with Crippen molar-refractivity contribution in [2.75, 3.05) is 19.7 Å². The van der Waals surface area contributed by atoms with Gasteiger partial charge in [-0.05, 0) is 41.7 Å². The number of aliphatic hydroxyl groups is 1. The Labute approximate surface area is 176 Å². The monoisotopic (exact) mass is 411 g/mol. The number of hydrogen-bond donors (Lipinski definition) is 1. The number of carbonyl (C=O) groups excluding carboxylic acids is 1. The number of piperidine rings is 1. The van der Waals surface area contributed by atoms with E-state index >= 15 is 0 Å². The number of fused-ring (bicyclic) bond motifs is 1. The van der Waals surface area contributed by atoms with Crippen molar-refractivity contribution in [3.63, 3.8) is 0 Å². The topological polar surface area (TPSA) is 49.8 Å². The Balaban J connectivity index is 1.16. The zero-order valence-electron chi connectivity index (χ0n) is 16.7. The predicted octanol–water partition coefficient (Wildman–Crippen LogP) is 4.05. The number of carbonyl (C=O) groups is 1. The lowest BCUT2D eigenvalue weighted by Crippen LogP contribution is -2.43. The first-order chi connectivity index (χ1) is 14.2. The van der Waals surface area contributed by atoms with Crippen LogP contribution in [-0.2, 0) is 21.7 Å². The minimum absolute atomic E-state index is 0.0197. The van der Waals surface area contributed by atoms with Crippen LogP contribution in [0.15, 0.2) is 47.8 Å². The Morgan fingerprint density at radius 3 is 2.48 bits per heavy atom. The Kier molecular flexibility index (Phi) is 5.23. The maximum Gasteiger partial charge on any atom is 0.344 e. The summed E-state index contributed by atoms with van der Waals surface area (Å²) in [5.74, 6) is 1.27. The molecule has 0 amide bonds. The maximum atomic E-state index is 13.0. The van der Waals surface area contributed by atoms with E-state index in [1.54, 1.807) is 0 Å². The number of ether oxygens (including phenoxy) is 1. The molecule has 5 rings (SSSR count). The fourth-order valence-corrected chi connectivity index (χ4v) is 6.43. The van der Waals surface area contributed by atoms with Crippen LogP contribution in [-0.4, -0.2) is 35.7 Å². The van der Waals surface area contributed by atoms with Crippen molar-refractivity contribution in [1.29, 1.82) is 0 Å². The van der Waals surface area contributed by atoms with Crippen molar-refractivity contribution >= 4 is 17.3 Å². The average molecular weight is 412 g/mol. The highest BCUT2D eigenvalue weighted by atomic mass is 32.1. The molecule has 2 saturated carbocycles. The van der Waals surface area contributed by atoms with Crippen molar-refractivity contribution in [3.8, 4) is 0 Å². The Bertz CT molecular complexity index is 821. The summed E-state index contributed by atoms with van der Waals surface area (Å²) in [6, 6.07) is 14.4. The fourth-order valence-electron chi connectivity index (χ4n) is 5.54. The van der Waals surface area contributed by atoms with Crippen LogP contribution in [0.25, 0.3) is 0 Å². The molecular formula is C24H29NO3S. The molecule has 2 aromatic rings. The molecule has 1 saturated heterocycles. The van der Waals surface area contributed by atoms with Gasteiger partial charge in [0.25, 0.3) is 0 Å². The summed E-state index contributed by atoms with van der Waals surface area (Å²) in [5.41, 5.74) is -0.108. The highest BCUT2D eigenvalue weighted by molar-refractivity contribution is 7.10. The molecule has 4 nitrogen and oxygen atoms in total. The summed E-state index contributed by atoms with van der Waals surface area (Å²) >= 11 is 1.46. The molecule has 5 heteroatoms. The molecule has 3 fully saturated rings. The van der Waals surface area contributed by atoms with Crippen LogP contribution in [0.4, 0.5) is 0 Å². The van der Waals surface area contributed by atoms with Crippen molar-refractivity contribution in [1.82, 2.24) is 4.90 Å². The minimum Gasteiger partial charge on any atom is -0.463 e. The van der Waals surface area contributed by atoms with Crippen molar-refractivity contribution < 1.29 is 14.6 Å². The van der Waals surface area contributed by atoms with Crippen molar-refractivity contribution in [2.45, 2.75) is 37.8 Å². The van der Waals surface area contributed by atoms with Gasteiger partial charge >= 0.3 is 5.97 Å². The molecule has 0 bridgehead atoms. The summed E-state index contributed by atoms with van der Waals surface area (Å²) in [4.78, 5) is 16.3. The molecule has 1 N–H and O–H groups in total. The van der Waals surface area contributed by atoms with Gasteiger partial charge in [0, 0.05) is 36.3 Å². The molecule has 154 valence electrons. The number of rotatable bonds is 7. The van der Waals surface area contributed by atoms with Crippen LogP contribution < -0.4 is 0 Å². The van der Waals surface area contributed by atoms with E-state index in [0.29, 0.717) is 24.4 Å². The van der Waals surface area contributed by atoms with Gasteiger partial charge in [-0.1, -0.05) is 49.2 Å². The van der Waals surface area contributed by atoms with E-state index < -0.39 is 11.6 Å². The largest absolute Gasteiger partial charge is 0.463 e. The zero-order valence-corrected chi connectivity index (χ0v) is 17.5. The Hall–Kier alpha value is -1.69. The summed E-state index contributed by atoms with van der Waals surface area (Å²) in [6.45, 7) is 3.62. The second-order valence-electron chi connectivity index (χ2n) is 8.99. The molecule has 2 aliphatic carbocycles. The number of hydrogen-bond acceptors (Lipinski definition) is 5. The van der Waals surface area contributed by atoms with Crippen LogP contribution in [0.2, 0.25) is 0 Å². The third kappa shape index (κ3) is 3.65. The third-order valence-electron chi connectivity index (χ3n) is 7.26. The SMILES string of the molecule is O=C(OCC1C2CN(Cc3ccccc3)CC12)C(O)(c1cccs1)C1CCCC1. The minimum atomic E-state index is -1.46. The molecule has 1 aromatic heterocycles. The van der Waals surface area contributed by atoms with Crippen LogP contribution in [0.3, 0.4) is 0 Å². The van der Waals surface area contributed by atoms with Gasteiger partial charge in [0.05, 0.1) is 6.61 Å². The summed E-state index contributed by atoms with van der Waals surface area (Å²) in [5, 5.41) is 13.3. The standard InChI is InChI=1S/C24H29NO3S/c26-23(24(27,18-9-4-5-10-18)22-11-6-12-29-22)28-16-21-19-14-25(15-20(19)21)13-17-7-2-1-3-8-17/h1-3,6-8,11-12,18-21,27H,4-5,9-10,13-16H2. The lowest BCUT2D eigenvalue weighted by Gasteiger charge is -2.31. The highest BCUT2D eigenvalue weighted by Gasteiger charge is 2.56. The van der Waals surface area contributed by atoms with E-state index in [1.165, 1.54) is 16.9 Å². The molecule has 2 heterocycles. The average Bonchev–Trinajstić information content (AvgIpc) is 3.32. The third-order valence-corrected chi connectivity index (χ3v) is 8.25. The zero-order chi connectivity index (χ0) is 19.8. The second kappa shape index (κ2) is 7.86. The molecule has 3 aliphatic rings. The van der Waals surface area contributed by atoms with Gasteiger partial charge in [0.1, 0.15) is 0 Å². The van der Waals surface area contributed by atoms with Gasteiger partial charge < -0.3 is 9.84 Å². The molecular weight excluding hydrogens is 382 g/mol. The van der Waals surface area contributed by atoms with Crippen molar-refractivity contribution in [3.05, 3.63) is 58.3 Å². The Morgan fingerprint density at radius 2 is 1.83 bits per heavy atom. The van der Waals surface area contributed by atoms with E-state index in [9.17, 15) is 9.90 Å². The van der Waals surface area contributed by atoms with Gasteiger partial charge in [-0.25, -0.2) is 4.79 Å². The van der Waals surface area contributed by atoms with E-state index in [1.807, 2.05) is 17.5 Å². The van der Waals surface area contributed by atoms with Gasteiger partial charge in [-0.3, -0.25) is 4.90 Å². The fraction of sp³-hybridized carbons (Fsp3) is 0.542. The van der Waals surface area contributed by atoms with Crippen molar-refractivity contribution in [2.24, 2.45) is 23.7 Å². The van der Waals surface area contributed by atoms with E-state index in [0.717, 1.165) is 50.2 Å². The summed E-state index contributed by atoms with van der Waals surface area (Å²) < 4.78 is 5.76. The maximum absolute atomic E-state index is 13.0. The quantitative estimate of drug-likeness (QED) is 0.699. The van der Waals surface area contributed by atoms with Crippen LogP contribution in [0.1, 0.15) is 36.1 Å². The number of nitrogens with zero attached hydrogens (tertiary/aromatic N) is 1. The molecule has 0 radical (unpaired) electrons. The van der Waals surface area contributed by atoms with E-state index in [2.05, 4.69) is 35.2 Å². The van der Waals surface area contributed by atoms with Crippen LogP contribution >= 0.6 is 11.3 Å². The van der Waals surface area contributed by atoms with Crippen LogP contribution in [0, 0.1) is 23.7 Å². The van der Waals surface area contributed by atoms with Gasteiger partial charge in [-0.2, -0.15) is 0 Å². The number of thiophene rings is 1. The lowest BCUT2D eigenvalue weighted by molar-refractivity contribution is -0.174. The second-order valence-corrected chi connectivity index (χ2v) is 9.94. The van der Waals surface area contributed by atoms with E-state index in [-0.39, 0.29) is 5.92 Å². The highest BCUT2D eigenvalue weighted by Crippen LogP contribution is 2.52. The molecule has 29 heavy (non-hydrogen) atoms. The van der Waals surface area contributed by atoms with Gasteiger partial charge in [0.15, 0.2) is 5.60 Å². The summed E-state index contributed by atoms with van der Waals surface area (Å²) in [7, 11) is 0. The van der Waals surface area contributed by atoms with Crippen LogP contribution in [0.5, 0.6) is 0 Å². The first-order valence-corrected chi connectivity index (χ1v) is 11.7. The lowest BCUT2D eigenvalue weighted by atomic mass is 9.84. The first-order valence-electron chi connectivity index (χ1n) is 10.9. The molecule has 3 atom stereocenters. The first kappa shape index (κ1) is 19.3.